The van der Waals surface area contributed by atoms with Gasteiger partial charge in [-0.1, -0.05) is 12.1 Å². The lowest BCUT2D eigenvalue weighted by molar-refractivity contribution is 0.0691. The second-order valence-corrected chi connectivity index (χ2v) is 10.2. The van der Waals surface area contributed by atoms with Gasteiger partial charge in [0.1, 0.15) is 0 Å². The molecule has 1 aromatic carbocycles. The number of aryl methyl sites for hydroxylation is 1. The van der Waals surface area contributed by atoms with Gasteiger partial charge in [0, 0.05) is 55.9 Å². The molecule has 11 heteroatoms. The molecule has 1 N–H and O–H groups in total. The van der Waals surface area contributed by atoms with Crippen molar-refractivity contribution in [3.05, 3.63) is 34.7 Å². The van der Waals surface area contributed by atoms with Crippen LogP contribution >= 0.6 is 11.3 Å². The smallest absolute Gasteiger partial charge is 0.321 e. The molecule has 4 rings (SSSR count). The Labute approximate surface area is 180 Å². The van der Waals surface area contributed by atoms with E-state index in [0.29, 0.717) is 45.1 Å². The summed E-state index contributed by atoms with van der Waals surface area (Å²) >= 11 is 1.60. The van der Waals surface area contributed by atoms with Crippen LogP contribution in [-0.4, -0.2) is 85.4 Å². The Morgan fingerprint density at radius 3 is 2.27 bits per heavy atom. The van der Waals surface area contributed by atoms with Crippen molar-refractivity contribution in [2.75, 3.05) is 57.8 Å². The van der Waals surface area contributed by atoms with E-state index in [1.165, 1.54) is 8.61 Å². The number of anilines is 1. The van der Waals surface area contributed by atoms with Crippen molar-refractivity contribution < 1.29 is 17.9 Å². The first-order chi connectivity index (χ1) is 14.4. The minimum absolute atomic E-state index is 0.226. The molecule has 3 heterocycles. The van der Waals surface area contributed by atoms with Crippen LogP contribution in [0.5, 0.6) is 0 Å². The van der Waals surface area contributed by atoms with Gasteiger partial charge in [0.05, 0.1) is 23.9 Å². The van der Waals surface area contributed by atoms with Crippen molar-refractivity contribution >= 4 is 33.3 Å². The number of ether oxygens (including phenoxy) is 1. The van der Waals surface area contributed by atoms with E-state index >= 15 is 0 Å². The number of hydrogen-bond acceptors (Lipinski definition) is 6. The van der Waals surface area contributed by atoms with Gasteiger partial charge in [0.2, 0.25) is 0 Å². The van der Waals surface area contributed by atoms with Crippen LogP contribution in [0.4, 0.5) is 10.5 Å². The number of urea groups is 1. The van der Waals surface area contributed by atoms with E-state index in [9.17, 15) is 13.2 Å². The summed E-state index contributed by atoms with van der Waals surface area (Å²) in [7, 11) is -3.50. The lowest BCUT2D eigenvalue weighted by atomic mass is 10.1. The summed E-state index contributed by atoms with van der Waals surface area (Å²) in [6.07, 6.45) is 0. The Hall–Kier alpha value is -2.05. The number of nitrogens with zero attached hydrogens (tertiary/aromatic N) is 4. The van der Waals surface area contributed by atoms with Gasteiger partial charge in [-0.25, -0.2) is 9.78 Å². The number of piperazine rings is 1. The Bertz CT molecular complexity index is 979. The van der Waals surface area contributed by atoms with E-state index in [-0.39, 0.29) is 19.1 Å². The number of thiazole rings is 1. The van der Waals surface area contributed by atoms with Crippen molar-refractivity contribution in [3.63, 3.8) is 0 Å². The number of carbonyl (C=O) groups is 1. The summed E-state index contributed by atoms with van der Waals surface area (Å²) in [5.74, 6) is 0. The van der Waals surface area contributed by atoms with Gasteiger partial charge in [-0.15, -0.1) is 11.3 Å². The van der Waals surface area contributed by atoms with Crippen molar-refractivity contribution in [3.8, 4) is 11.3 Å². The predicted octanol–water partition coefficient (Wildman–Crippen LogP) is 1.85. The molecular formula is C19H25N5O4S2. The van der Waals surface area contributed by atoms with Crippen LogP contribution in [0.2, 0.25) is 0 Å². The Kier molecular flexibility index (Phi) is 6.34. The van der Waals surface area contributed by atoms with E-state index in [0.717, 1.165) is 16.3 Å². The number of carbonyl (C=O) groups excluding carboxylic acids is 1. The highest BCUT2D eigenvalue weighted by molar-refractivity contribution is 7.86. The van der Waals surface area contributed by atoms with E-state index in [1.807, 2.05) is 36.6 Å². The number of rotatable bonds is 4. The van der Waals surface area contributed by atoms with Crippen LogP contribution in [0.1, 0.15) is 5.01 Å². The molecule has 0 bridgehead atoms. The quantitative estimate of drug-likeness (QED) is 0.766. The molecule has 2 amide bonds. The van der Waals surface area contributed by atoms with Crippen molar-refractivity contribution in [1.82, 2.24) is 18.5 Å². The predicted molar refractivity (Wildman–Crippen MR) is 116 cm³/mol. The maximum absolute atomic E-state index is 12.7. The average Bonchev–Trinajstić information content (AvgIpc) is 3.21. The molecule has 0 unspecified atom stereocenters. The number of nitrogens with one attached hydrogen (secondary N) is 1. The normalized spacial score (nSPS) is 19.0. The van der Waals surface area contributed by atoms with Crippen molar-refractivity contribution in [2.45, 2.75) is 6.92 Å². The highest BCUT2D eigenvalue weighted by atomic mass is 32.2. The van der Waals surface area contributed by atoms with Crippen LogP contribution in [0.25, 0.3) is 11.3 Å². The van der Waals surface area contributed by atoms with Crippen LogP contribution in [0, 0.1) is 6.92 Å². The fourth-order valence-corrected chi connectivity index (χ4v) is 5.67. The fraction of sp³-hybridized carbons (Fsp3) is 0.474. The van der Waals surface area contributed by atoms with Gasteiger partial charge in [-0.3, -0.25) is 0 Å². The van der Waals surface area contributed by atoms with E-state index in [1.54, 1.807) is 16.2 Å². The molecule has 1 aromatic heterocycles. The Morgan fingerprint density at radius 1 is 1.03 bits per heavy atom. The third-order valence-corrected chi connectivity index (χ3v) is 8.01. The van der Waals surface area contributed by atoms with Crippen molar-refractivity contribution in [2.24, 2.45) is 0 Å². The zero-order chi connectivity index (χ0) is 21.1. The molecule has 2 fully saturated rings. The van der Waals surface area contributed by atoms with Gasteiger partial charge in [0.25, 0.3) is 10.2 Å². The number of amides is 2. The third kappa shape index (κ3) is 4.65. The molecule has 2 aliphatic rings. The first-order valence-electron chi connectivity index (χ1n) is 9.85. The average molecular weight is 452 g/mol. The molecule has 0 aliphatic carbocycles. The molecule has 2 aromatic rings. The second kappa shape index (κ2) is 8.98. The highest BCUT2D eigenvalue weighted by Gasteiger charge is 2.34. The van der Waals surface area contributed by atoms with E-state index in [4.69, 9.17) is 4.74 Å². The topological polar surface area (TPSA) is 95.1 Å². The van der Waals surface area contributed by atoms with Crippen LogP contribution in [0.3, 0.4) is 0 Å². The number of morpholine rings is 1. The molecule has 2 saturated heterocycles. The highest BCUT2D eigenvalue weighted by Crippen LogP contribution is 2.23. The minimum atomic E-state index is -3.50. The third-order valence-electron chi connectivity index (χ3n) is 5.20. The second-order valence-electron chi connectivity index (χ2n) is 7.16. The zero-order valence-electron chi connectivity index (χ0n) is 16.8. The largest absolute Gasteiger partial charge is 0.379 e. The number of benzene rings is 1. The lowest BCUT2D eigenvalue weighted by Crippen LogP contribution is -2.56. The molecule has 9 nitrogen and oxygen atoms in total. The van der Waals surface area contributed by atoms with Crippen molar-refractivity contribution in [1.29, 1.82) is 0 Å². The molecule has 2 aliphatic heterocycles. The summed E-state index contributed by atoms with van der Waals surface area (Å²) < 4.78 is 33.6. The van der Waals surface area contributed by atoms with Crippen LogP contribution < -0.4 is 5.32 Å². The summed E-state index contributed by atoms with van der Waals surface area (Å²) in [5, 5.41) is 5.91. The lowest BCUT2D eigenvalue weighted by Gasteiger charge is -2.37. The maximum atomic E-state index is 12.7. The van der Waals surface area contributed by atoms with E-state index in [2.05, 4.69) is 10.3 Å². The Balaban J connectivity index is 1.31. The molecule has 0 saturated carbocycles. The standard InChI is InChI=1S/C19H25N5O4S2/c1-15-20-18(14-29-15)16-2-4-17(5-3-16)21-19(25)22-6-8-23(9-7-22)30(26,27)24-10-12-28-13-11-24/h2-5,14H,6-13H2,1H3,(H,21,25). The summed E-state index contributed by atoms with van der Waals surface area (Å²) in [5.41, 5.74) is 2.62. The number of hydrogen-bond donors (Lipinski definition) is 1. The molecule has 0 spiro atoms. The van der Waals surface area contributed by atoms with E-state index < -0.39 is 10.2 Å². The van der Waals surface area contributed by atoms with Gasteiger partial charge < -0.3 is 15.0 Å². The number of aromatic nitrogens is 1. The maximum Gasteiger partial charge on any atom is 0.321 e. The monoisotopic (exact) mass is 451 g/mol. The molecule has 0 atom stereocenters. The molecule has 0 radical (unpaired) electrons. The van der Waals surface area contributed by atoms with Crippen LogP contribution in [-0.2, 0) is 14.9 Å². The molecule has 162 valence electrons. The first-order valence-corrected chi connectivity index (χ1v) is 12.1. The summed E-state index contributed by atoms with van der Waals surface area (Å²) in [6.45, 7) is 4.83. The Morgan fingerprint density at radius 2 is 1.67 bits per heavy atom. The molecular weight excluding hydrogens is 426 g/mol. The minimum Gasteiger partial charge on any atom is -0.379 e. The summed E-state index contributed by atoms with van der Waals surface area (Å²) in [6, 6.07) is 7.33. The van der Waals surface area contributed by atoms with Crippen LogP contribution in [0.15, 0.2) is 29.6 Å². The zero-order valence-corrected chi connectivity index (χ0v) is 18.4. The summed E-state index contributed by atoms with van der Waals surface area (Å²) in [4.78, 5) is 18.7. The molecule has 30 heavy (non-hydrogen) atoms. The van der Waals surface area contributed by atoms with Gasteiger partial charge in [-0.2, -0.15) is 17.0 Å². The van der Waals surface area contributed by atoms with Gasteiger partial charge in [-0.05, 0) is 19.1 Å². The SMILES string of the molecule is Cc1nc(-c2ccc(NC(=O)N3CCN(S(=O)(=O)N4CCOCC4)CC3)cc2)cs1. The van der Waals surface area contributed by atoms with Gasteiger partial charge in [0.15, 0.2) is 0 Å². The first kappa shape index (κ1) is 21.2. The van der Waals surface area contributed by atoms with Gasteiger partial charge >= 0.3 is 6.03 Å². The fourth-order valence-electron chi connectivity index (χ4n) is 3.49.